The molecule has 0 fully saturated rings. The van der Waals surface area contributed by atoms with Gasteiger partial charge in [0.25, 0.3) is 0 Å². The summed E-state index contributed by atoms with van der Waals surface area (Å²) in [6.45, 7) is 6.42. The summed E-state index contributed by atoms with van der Waals surface area (Å²) in [7, 11) is 0. The second-order valence-corrected chi connectivity index (χ2v) is 10.7. The largest absolute Gasteiger partial charge is 0.494 e. The van der Waals surface area contributed by atoms with Gasteiger partial charge < -0.3 is 15.2 Å². The number of carbonyl (C=O) groups excluding carboxylic acids is 1. The van der Waals surface area contributed by atoms with Crippen molar-refractivity contribution in [3.8, 4) is 5.75 Å². The molecule has 3 aromatic carbocycles. The number of pyridine rings is 1. The summed E-state index contributed by atoms with van der Waals surface area (Å²) in [6.07, 6.45) is 7.59. The van der Waals surface area contributed by atoms with Gasteiger partial charge >= 0.3 is 5.97 Å². The number of hydrogen-bond acceptors (Lipinski definition) is 4. The molecule has 6 nitrogen and oxygen atoms in total. The topological polar surface area (TPSA) is 88.5 Å². The Balaban J connectivity index is 1.36. The van der Waals surface area contributed by atoms with Gasteiger partial charge in [0.1, 0.15) is 5.75 Å². The second kappa shape index (κ2) is 14.4. The first-order valence-electron chi connectivity index (χ1n) is 14.8. The number of aryl methyl sites for hydroxylation is 2. The number of ether oxygens (including phenoxy) is 1. The summed E-state index contributed by atoms with van der Waals surface area (Å²) in [5, 5.41) is 13.5. The van der Waals surface area contributed by atoms with E-state index in [4.69, 9.17) is 9.72 Å². The van der Waals surface area contributed by atoms with E-state index in [1.165, 1.54) is 11.1 Å². The zero-order valence-corrected chi connectivity index (χ0v) is 24.7. The van der Waals surface area contributed by atoms with E-state index in [1.807, 2.05) is 60.7 Å². The number of aromatic nitrogens is 1. The molecule has 0 aliphatic rings. The second-order valence-electron chi connectivity index (χ2n) is 10.7. The van der Waals surface area contributed by atoms with Gasteiger partial charge in [-0.15, -0.1) is 0 Å². The highest BCUT2D eigenvalue weighted by Crippen LogP contribution is 2.31. The van der Waals surface area contributed by atoms with Gasteiger partial charge in [-0.3, -0.25) is 9.59 Å². The van der Waals surface area contributed by atoms with Gasteiger partial charge in [0.2, 0.25) is 5.91 Å². The molecular formula is C36H40N2O4. The Morgan fingerprint density at radius 2 is 1.64 bits per heavy atom. The number of rotatable bonds is 14. The summed E-state index contributed by atoms with van der Waals surface area (Å²) < 4.78 is 6.03. The van der Waals surface area contributed by atoms with Gasteiger partial charge in [0.05, 0.1) is 23.2 Å². The normalized spacial score (nSPS) is 11.6. The highest BCUT2D eigenvalue weighted by Gasteiger charge is 2.37. The minimum absolute atomic E-state index is 0.0606. The van der Waals surface area contributed by atoms with Crippen LogP contribution in [0.15, 0.2) is 78.9 Å². The maximum absolute atomic E-state index is 12.6. The highest BCUT2D eigenvalue weighted by molar-refractivity contribution is 5.94. The Kier molecular flexibility index (Phi) is 10.5. The van der Waals surface area contributed by atoms with Crippen molar-refractivity contribution < 1.29 is 19.4 Å². The van der Waals surface area contributed by atoms with Gasteiger partial charge in [-0.2, -0.15) is 0 Å². The number of benzene rings is 3. The maximum Gasteiger partial charge on any atom is 0.310 e. The maximum atomic E-state index is 12.6. The minimum atomic E-state index is -1.05. The third-order valence-electron chi connectivity index (χ3n) is 7.92. The first-order chi connectivity index (χ1) is 20.3. The molecule has 42 heavy (non-hydrogen) atoms. The summed E-state index contributed by atoms with van der Waals surface area (Å²) in [6, 6.07) is 26.2. The van der Waals surface area contributed by atoms with Crippen molar-refractivity contribution in [2.75, 3.05) is 11.9 Å². The Morgan fingerprint density at radius 3 is 2.36 bits per heavy atom. The molecule has 4 rings (SSSR count). The summed E-state index contributed by atoms with van der Waals surface area (Å²) in [4.78, 5) is 29.2. The van der Waals surface area contributed by atoms with Gasteiger partial charge in [-0.1, -0.05) is 69.3 Å². The molecule has 1 amide bonds. The molecule has 0 spiro atoms. The van der Waals surface area contributed by atoms with E-state index in [9.17, 15) is 14.7 Å². The van der Waals surface area contributed by atoms with E-state index in [-0.39, 0.29) is 12.3 Å². The SMILES string of the molecule is CCc1ccc(CCCOc2ccc3ccc(C=Cc4cccc(NC(=O)CC(CC)(CC)C(=O)O)c4)nc3c2)cc1. The first-order valence-corrected chi connectivity index (χ1v) is 14.8. The number of amides is 1. The fourth-order valence-electron chi connectivity index (χ4n) is 5.00. The quantitative estimate of drug-likeness (QED) is 0.151. The van der Waals surface area contributed by atoms with Crippen molar-refractivity contribution in [2.24, 2.45) is 5.41 Å². The van der Waals surface area contributed by atoms with Crippen LogP contribution < -0.4 is 10.1 Å². The molecule has 1 aromatic heterocycles. The van der Waals surface area contributed by atoms with Crippen LogP contribution >= 0.6 is 0 Å². The number of carboxylic acids is 1. The highest BCUT2D eigenvalue weighted by atomic mass is 16.5. The summed E-state index contributed by atoms with van der Waals surface area (Å²) in [5.74, 6) is -0.435. The lowest BCUT2D eigenvalue weighted by molar-refractivity contribution is -0.151. The molecule has 0 atom stereocenters. The van der Waals surface area contributed by atoms with Gasteiger partial charge in [0.15, 0.2) is 0 Å². The van der Waals surface area contributed by atoms with Crippen molar-refractivity contribution in [2.45, 2.75) is 59.3 Å². The zero-order chi connectivity index (χ0) is 30.0. The lowest BCUT2D eigenvalue weighted by Gasteiger charge is -2.25. The Morgan fingerprint density at radius 1 is 0.905 bits per heavy atom. The molecule has 0 saturated heterocycles. The number of carbonyl (C=O) groups is 2. The third kappa shape index (κ3) is 8.06. The van der Waals surface area contributed by atoms with E-state index < -0.39 is 11.4 Å². The lowest BCUT2D eigenvalue weighted by Crippen LogP contribution is -2.34. The molecule has 0 aliphatic carbocycles. The van der Waals surface area contributed by atoms with Crippen molar-refractivity contribution >= 4 is 40.6 Å². The van der Waals surface area contributed by atoms with Crippen LogP contribution in [0.25, 0.3) is 23.1 Å². The number of anilines is 1. The number of nitrogens with one attached hydrogen (secondary N) is 1. The van der Waals surface area contributed by atoms with Crippen LogP contribution in [-0.2, 0) is 22.4 Å². The molecule has 0 unspecified atom stereocenters. The van der Waals surface area contributed by atoms with E-state index in [2.05, 4.69) is 36.5 Å². The first kappa shape index (κ1) is 30.5. The molecule has 4 aromatic rings. The molecule has 2 N–H and O–H groups in total. The van der Waals surface area contributed by atoms with Crippen molar-refractivity contribution in [3.05, 3.63) is 101 Å². The molecule has 0 bridgehead atoms. The van der Waals surface area contributed by atoms with E-state index in [0.29, 0.717) is 25.1 Å². The van der Waals surface area contributed by atoms with Gasteiger partial charge in [-0.05, 0) is 85.2 Å². The van der Waals surface area contributed by atoms with Gasteiger partial charge in [-0.25, -0.2) is 4.98 Å². The van der Waals surface area contributed by atoms with E-state index in [0.717, 1.165) is 47.2 Å². The van der Waals surface area contributed by atoms with Crippen molar-refractivity contribution in [3.63, 3.8) is 0 Å². The van der Waals surface area contributed by atoms with Crippen LogP contribution in [0, 0.1) is 5.41 Å². The third-order valence-corrected chi connectivity index (χ3v) is 7.92. The van der Waals surface area contributed by atoms with Crippen LogP contribution in [0.3, 0.4) is 0 Å². The summed E-state index contributed by atoms with van der Waals surface area (Å²) in [5.41, 5.74) is 4.83. The molecule has 6 heteroatoms. The van der Waals surface area contributed by atoms with Crippen LogP contribution in [0.2, 0.25) is 0 Å². The van der Waals surface area contributed by atoms with Gasteiger partial charge in [0, 0.05) is 23.6 Å². The zero-order valence-electron chi connectivity index (χ0n) is 24.7. The predicted molar refractivity (Wildman–Crippen MR) is 171 cm³/mol. The van der Waals surface area contributed by atoms with E-state index >= 15 is 0 Å². The molecule has 0 radical (unpaired) electrons. The predicted octanol–water partition coefficient (Wildman–Crippen LogP) is 8.20. The smallest absolute Gasteiger partial charge is 0.310 e. The number of aliphatic carboxylic acids is 1. The Bertz CT molecular complexity index is 1540. The molecule has 0 aliphatic heterocycles. The average Bonchev–Trinajstić information content (AvgIpc) is 3.01. The standard InChI is InChI=1S/C36H40N2O4/c1-4-26-12-14-27(15-13-26)10-8-22-42-32-21-18-29-17-20-30(37-33(29)24-32)19-16-28-9-7-11-31(23-28)38-34(39)25-36(5-2,6-3)35(40)41/h7,9,11-21,23-24H,4-6,8,10,22,25H2,1-3H3,(H,38,39)(H,40,41). The Labute approximate surface area is 248 Å². The van der Waals surface area contributed by atoms with Crippen molar-refractivity contribution in [1.29, 1.82) is 0 Å². The van der Waals surface area contributed by atoms with Crippen LogP contribution in [0.4, 0.5) is 5.69 Å². The number of hydrogen-bond donors (Lipinski definition) is 2. The number of nitrogens with zero attached hydrogens (tertiary/aromatic N) is 1. The average molecular weight is 565 g/mol. The summed E-state index contributed by atoms with van der Waals surface area (Å²) >= 11 is 0. The van der Waals surface area contributed by atoms with Crippen LogP contribution in [0.5, 0.6) is 5.75 Å². The molecular weight excluding hydrogens is 524 g/mol. The minimum Gasteiger partial charge on any atom is -0.494 e. The van der Waals surface area contributed by atoms with E-state index in [1.54, 1.807) is 19.9 Å². The molecule has 218 valence electrons. The van der Waals surface area contributed by atoms with Crippen molar-refractivity contribution in [1.82, 2.24) is 4.98 Å². The Hall–Kier alpha value is -4.45. The lowest BCUT2D eigenvalue weighted by atomic mass is 9.79. The monoisotopic (exact) mass is 564 g/mol. The fraction of sp³-hybridized carbons (Fsp3) is 0.306. The molecule has 0 saturated carbocycles. The number of fused-ring (bicyclic) bond motifs is 1. The fourth-order valence-corrected chi connectivity index (χ4v) is 5.00. The molecule has 1 heterocycles. The number of carboxylic acid groups (broad SMARTS) is 1. The van der Waals surface area contributed by atoms with Crippen LogP contribution in [0.1, 0.15) is 68.8 Å². The van der Waals surface area contributed by atoms with Crippen LogP contribution in [-0.4, -0.2) is 28.6 Å².